The number of rotatable bonds is 5. The molecule has 0 N–H and O–H groups in total. The molecule has 1 aromatic heterocycles. The summed E-state index contributed by atoms with van der Waals surface area (Å²) in [5, 5.41) is 0.623. The van der Waals surface area contributed by atoms with E-state index in [9.17, 15) is 13.8 Å². The van der Waals surface area contributed by atoms with Gasteiger partial charge in [0.15, 0.2) is 5.76 Å². The number of piperazine rings is 1. The van der Waals surface area contributed by atoms with Gasteiger partial charge in [-0.3, -0.25) is 13.8 Å². The van der Waals surface area contributed by atoms with Gasteiger partial charge in [-0.15, -0.1) is 0 Å². The van der Waals surface area contributed by atoms with Crippen molar-refractivity contribution in [3.05, 3.63) is 59.0 Å². The predicted octanol–water partition coefficient (Wildman–Crippen LogP) is 2.17. The van der Waals surface area contributed by atoms with Crippen LogP contribution in [0.5, 0.6) is 0 Å². The number of amides is 2. The molecule has 2 heterocycles. The maximum Gasteiger partial charge on any atom is 0.289 e. The van der Waals surface area contributed by atoms with Crippen LogP contribution in [0.1, 0.15) is 16.1 Å². The lowest BCUT2D eigenvalue weighted by atomic mass is 10.2. The third-order valence-electron chi connectivity index (χ3n) is 4.18. The van der Waals surface area contributed by atoms with Crippen LogP contribution >= 0.6 is 11.6 Å². The van der Waals surface area contributed by atoms with Gasteiger partial charge in [-0.05, 0) is 29.8 Å². The van der Waals surface area contributed by atoms with Crippen molar-refractivity contribution in [2.24, 2.45) is 0 Å². The molecule has 2 aromatic rings. The van der Waals surface area contributed by atoms with Gasteiger partial charge in [0.1, 0.15) is 5.75 Å². The van der Waals surface area contributed by atoms with Crippen LogP contribution in [0.25, 0.3) is 0 Å². The standard InChI is InChI=1S/C18H19ClN2O4S/c19-15-5-3-14(4-6-15)12-26(24)13-17(22)20-7-9-21(10-8-20)18(23)16-2-1-11-25-16/h1-6,11H,7-10,12-13H2/t26-/m1/s1. The van der Waals surface area contributed by atoms with E-state index in [1.807, 2.05) is 12.1 Å². The Morgan fingerprint density at radius 1 is 1.04 bits per heavy atom. The van der Waals surface area contributed by atoms with E-state index in [1.54, 1.807) is 34.1 Å². The average Bonchev–Trinajstić information content (AvgIpc) is 3.18. The van der Waals surface area contributed by atoms with E-state index in [0.29, 0.717) is 42.7 Å². The highest BCUT2D eigenvalue weighted by atomic mass is 35.5. The molecule has 0 spiro atoms. The number of hydrogen-bond donors (Lipinski definition) is 0. The predicted molar refractivity (Wildman–Crippen MR) is 99.4 cm³/mol. The molecule has 138 valence electrons. The highest BCUT2D eigenvalue weighted by Gasteiger charge is 2.26. The smallest absolute Gasteiger partial charge is 0.289 e. The highest BCUT2D eigenvalue weighted by Crippen LogP contribution is 2.12. The first kappa shape index (κ1) is 18.7. The maximum absolute atomic E-state index is 12.3. The van der Waals surface area contributed by atoms with E-state index in [2.05, 4.69) is 0 Å². The second-order valence-electron chi connectivity index (χ2n) is 6.01. The summed E-state index contributed by atoms with van der Waals surface area (Å²) in [4.78, 5) is 27.9. The van der Waals surface area contributed by atoms with Crippen LogP contribution in [0.3, 0.4) is 0 Å². The molecule has 8 heteroatoms. The summed E-state index contributed by atoms with van der Waals surface area (Å²) in [6.07, 6.45) is 1.46. The van der Waals surface area contributed by atoms with Crippen molar-refractivity contribution >= 4 is 34.2 Å². The Hall–Kier alpha value is -2.12. The van der Waals surface area contributed by atoms with Gasteiger partial charge >= 0.3 is 0 Å². The van der Waals surface area contributed by atoms with Crippen LogP contribution in [0.2, 0.25) is 5.02 Å². The van der Waals surface area contributed by atoms with Crippen LogP contribution in [0.4, 0.5) is 0 Å². The summed E-state index contributed by atoms with van der Waals surface area (Å²) in [5.74, 6) is 0.277. The fourth-order valence-corrected chi connectivity index (χ4v) is 4.01. The summed E-state index contributed by atoms with van der Waals surface area (Å²) in [7, 11) is -1.28. The fourth-order valence-electron chi connectivity index (χ4n) is 2.76. The first-order valence-corrected chi connectivity index (χ1v) is 10.1. The van der Waals surface area contributed by atoms with E-state index in [-0.39, 0.29) is 17.6 Å². The number of carbonyl (C=O) groups is 2. The van der Waals surface area contributed by atoms with Gasteiger partial charge in [-0.1, -0.05) is 23.7 Å². The molecular formula is C18H19ClN2O4S. The lowest BCUT2D eigenvalue weighted by Gasteiger charge is -2.34. The molecule has 1 fully saturated rings. The number of nitrogens with zero attached hydrogens (tertiary/aromatic N) is 2. The molecule has 3 rings (SSSR count). The van der Waals surface area contributed by atoms with Gasteiger partial charge < -0.3 is 14.2 Å². The van der Waals surface area contributed by atoms with Crippen LogP contribution in [-0.2, 0) is 21.3 Å². The molecule has 1 atom stereocenters. The van der Waals surface area contributed by atoms with Crippen LogP contribution in [-0.4, -0.2) is 57.8 Å². The van der Waals surface area contributed by atoms with Crippen molar-refractivity contribution in [1.82, 2.24) is 9.80 Å². The van der Waals surface area contributed by atoms with Crippen molar-refractivity contribution in [1.29, 1.82) is 0 Å². The molecule has 1 saturated heterocycles. The van der Waals surface area contributed by atoms with E-state index in [1.165, 1.54) is 6.26 Å². The van der Waals surface area contributed by atoms with Gasteiger partial charge in [0.2, 0.25) is 5.91 Å². The number of benzene rings is 1. The third-order valence-corrected chi connectivity index (χ3v) is 5.65. The van der Waals surface area contributed by atoms with Crippen molar-refractivity contribution < 1.29 is 18.2 Å². The Balaban J connectivity index is 1.46. The zero-order chi connectivity index (χ0) is 18.5. The van der Waals surface area contributed by atoms with Gasteiger partial charge in [0.25, 0.3) is 5.91 Å². The van der Waals surface area contributed by atoms with E-state index >= 15 is 0 Å². The lowest BCUT2D eigenvalue weighted by Crippen LogP contribution is -2.51. The molecule has 0 unspecified atom stereocenters. The molecular weight excluding hydrogens is 376 g/mol. The normalized spacial score (nSPS) is 15.7. The zero-order valence-corrected chi connectivity index (χ0v) is 15.7. The Labute approximate surface area is 159 Å². The molecule has 2 amide bonds. The summed E-state index contributed by atoms with van der Waals surface area (Å²) < 4.78 is 17.4. The van der Waals surface area contributed by atoms with Gasteiger partial charge in [0, 0.05) is 47.8 Å². The number of halogens is 1. The van der Waals surface area contributed by atoms with Crippen molar-refractivity contribution in [2.75, 3.05) is 31.9 Å². The lowest BCUT2D eigenvalue weighted by molar-refractivity contribution is -0.129. The SMILES string of the molecule is O=C(C[S@](=O)Cc1ccc(Cl)cc1)N1CCN(C(=O)c2ccco2)CC1. The summed E-state index contributed by atoms with van der Waals surface area (Å²) in [5.41, 5.74) is 0.884. The summed E-state index contributed by atoms with van der Waals surface area (Å²) >= 11 is 5.83. The summed E-state index contributed by atoms with van der Waals surface area (Å²) in [6, 6.07) is 10.4. The average molecular weight is 395 g/mol. The molecule has 1 aliphatic rings. The van der Waals surface area contributed by atoms with Gasteiger partial charge in [0.05, 0.1) is 6.26 Å². The molecule has 0 radical (unpaired) electrons. The minimum atomic E-state index is -1.28. The molecule has 6 nitrogen and oxygen atoms in total. The highest BCUT2D eigenvalue weighted by molar-refractivity contribution is 7.84. The van der Waals surface area contributed by atoms with E-state index in [4.69, 9.17) is 16.0 Å². The number of hydrogen-bond acceptors (Lipinski definition) is 4. The molecule has 0 bridgehead atoms. The molecule has 0 saturated carbocycles. The van der Waals surface area contributed by atoms with E-state index < -0.39 is 10.8 Å². The van der Waals surface area contributed by atoms with Gasteiger partial charge in [-0.2, -0.15) is 0 Å². The second-order valence-corrected chi connectivity index (χ2v) is 7.90. The molecule has 1 aliphatic heterocycles. The Kier molecular flexibility index (Phi) is 6.11. The van der Waals surface area contributed by atoms with Crippen molar-refractivity contribution in [3.63, 3.8) is 0 Å². The first-order valence-electron chi connectivity index (χ1n) is 8.23. The van der Waals surface area contributed by atoms with E-state index in [0.717, 1.165) is 5.56 Å². The topological polar surface area (TPSA) is 70.8 Å². The minimum absolute atomic E-state index is 0.0191. The maximum atomic E-state index is 12.3. The molecule has 0 aliphatic carbocycles. The first-order chi connectivity index (χ1) is 12.5. The second kappa shape index (κ2) is 8.51. The van der Waals surface area contributed by atoms with Crippen LogP contribution in [0, 0.1) is 0 Å². The minimum Gasteiger partial charge on any atom is -0.459 e. The third kappa shape index (κ3) is 4.74. The van der Waals surface area contributed by atoms with Crippen LogP contribution in [0.15, 0.2) is 47.1 Å². The Morgan fingerprint density at radius 2 is 1.69 bits per heavy atom. The Morgan fingerprint density at radius 3 is 2.31 bits per heavy atom. The largest absolute Gasteiger partial charge is 0.459 e. The zero-order valence-electron chi connectivity index (χ0n) is 14.1. The van der Waals surface area contributed by atoms with Crippen LogP contribution < -0.4 is 0 Å². The monoisotopic (exact) mass is 394 g/mol. The van der Waals surface area contributed by atoms with Gasteiger partial charge in [-0.25, -0.2) is 0 Å². The number of furan rings is 1. The summed E-state index contributed by atoms with van der Waals surface area (Å²) in [6.45, 7) is 1.75. The fraction of sp³-hybridized carbons (Fsp3) is 0.333. The van der Waals surface area contributed by atoms with Crippen molar-refractivity contribution in [3.8, 4) is 0 Å². The molecule has 26 heavy (non-hydrogen) atoms. The number of carbonyl (C=O) groups excluding carboxylic acids is 2. The van der Waals surface area contributed by atoms with Crippen molar-refractivity contribution in [2.45, 2.75) is 5.75 Å². The quantitative estimate of drug-likeness (QED) is 0.779. The molecule has 1 aromatic carbocycles. The Bertz CT molecular complexity index is 784.